The Kier molecular flexibility index (Phi) is 6.03. The lowest BCUT2D eigenvalue weighted by Crippen LogP contribution is -2.24. The molecule has 33 heavy (non-hydrogen) atoms. The van der Waals surface area contributed by atoms with Crippen LogP contribution in [0.15, 0.2) is 76.7 Å². The molecule has 170 valence electrons. The predicted molar refractivity (Wildman–Crippen MR) is 117 cm³/mol. The third-order valence-corrected chi connectivity index (χ3v) is 5.83. The van der Waals surface area contributed by atoms with E-state index in [2.05, 4.69) is 4.98 Å². The maximum absolute atomic E-state index is 13.3. The number of imidazole rings is 1. The summed E-state index contributed by atoms with van der Waals surface area (Å²) in [7, 11) is 0. The fraction of sp³-hybridized carbons (Fsp3) is 0.130. The number of nitrogens with zero attached hydrogens (tertiary/aromatic N) is 3. The van der Waals surface area contributed by atoms with Crippen molar-refractivity contribution >= 4 is 11.8 Å². The minimum atomic E-state index is -4.42. The molecule has 0 atom stereocenters. The van der Waals surface area contributed by atoms with Gasteiger partial charge in [-0.2, -0.15) is 13.2 Å². The van der Waals surface area contributed by atoms with Gasteiger partial charge in [-0.3, -0.25) is 9.55 Å². The normalized spacial score (nSPS) is 11.7. The highest BCUT2D eigenvalue weighted by molar-refractivity contribution is 8.00. The molecule has 4 aromatic rings. The predicted octanol–water partition coefficient (Wildman–Crippen LogP) is 5.51. The van der Waals surface area contributed by atoms with E-state index in [4.69, 9.17) is 0 Å². The van der Waals surface area contributed by atoms with Crippen LogP contribution in [0.4, 0.5) is 17.6 Å². The number of alkyl halides is 3. The summed E-state index contributed by atoms with van der Waals surface area (Å²) < 4.78 is 53.4. The molecule has 2 aromatic heterocycles. The fourth-order valence-corrected chi connectivity index (χ4v) is 4.01. The van der Waals surface area contributed by atoms with Gasteiger partial charge in [-0.05, 0) is 72.3 Å². The number of rotatable bonds is 5. The van der Waals surface area contributed by atoms with E-state index in [0.717, 1.165) is 10.1 Å². The molecule has 2 aromatic carbocycles. The molecule has 0 saturated carbocycles. The van der Waals surface area contributed by atoms with Crippen molar-refractivity contribution in [2.24, 2.45) is 0 Å². The molecular formula is C23H17F4N3O2S. The summed E-state index contributed by atoms with van der Waals surface area (Å²) in [5.41, 5.74) is -2.32. The topological polar surface area (TPSA) is 60.1 Å². The highest BCUT2D eigenvalue weighted by Crippen LogP contribution is 2.37. The van der Waals surface area contributed by atoms with Crippen molar-refractivity contribution in [3.05, 3.63) is 94.5 Å². The average Bonchev–Trinajstić information content (AvgIpc) is 2.98. The molecule has 0 amide bonds. The van der Waals surface area contributed by atoms with E-state index in [9.17, 15) is 27.5 Å². The Morgan fingerprint density at radius 1 is 1.03 bits per heavy atom. The molecule has 0 radical (unpaired) electrons. The number of aromatic hydroxyl groups is 1. The highest BCUT2D eigenvalue weighted by atomic mass is 32.2. The van der Waals surface area contributed by atoms with Crippen LogP contribution in [0.25, 0.3) is 16.8 Å². The van der Waals surface area contributed by atoms with Crippen LogP contribution in [0, 0.1) is 12.7 Å². The van der Waals surface area contributed by atoms with Crippen molar-refractivity contribution in [2.75, 3.05) is 0 Å². The van der Waals surface area contributed by atoms with Gasteiger partial charge in [0, 0.05) is 22.9 Å². The Balaban J connectivity index is 1.71. The number of benzene rings is 2. The summed E-state index contributed by atoms with van der Waals surface area (Å²) >= 11 is -0.261. The van der Waals surface area contributed by atoms with Gasteiger partial charge in [-0.1, -0.05) is 12.1 Å². The quantitative estimate of drug-likeness (QED) is 0.305. The van der Waals surface area contributed by atoms with Crippen molar-refractivity contribution in [1.29, 1.82) is 0 Å². The molecule has 0 aliphatic heterocycles. The second-order valence-electron chi connectivity index (χ2n) is 7.19. The molecule has 0 fully saturated rings. The first-order chi connectivity index (χ1) is 15.6. The lowest BCUT2D eigenvalue weighted by molar-refractivity contribution is -0.0328. The van der Waals surface area contributed by atoms with Crippen molar-refractivity contribution in [1.82, 2.24) is 14.1 Å². The summed E-state index contributed by atoms with van der Waals surface area (Å²) in [6, 6.07) is 12.7. The van der Waals surface area contributed by atoms with Crippen LogP contribution in [-0.2, 0) is 6.54 Å². The number of aromatic nitrogens is 3. The van der Waals surface area contributed by atoms with E-state index in [0.29, 0.717) is 11.1 Å². The first-order valence-corrected chi connectivity index (χ1v) is 10.5. The van der Waals surface area contributed by atoms with E-state index in [1.165, 1.54) is 41.0 Å². The van der Waals surface area contributed by atoms with Crippen molar-refractivity contribution in [2.45, 2.75) is 23.9 Å². The molecule has 0 bridgehead atoms. The third-order valence-electron chi connectivity index (χ3n) is 5.09. The van der Waals surface area contributed by atoms with E-state index in [-0.39, 0.29) is 46.3 Å². The van der Waals surface area contributed by atoms with Crippen molar-refractivity contribution in [3.8, 4) is 22.7 Å². The maximum Gasteiger partial charge on any atom is 0.446 e. The third kappa shape index (κ3) is 4.80. The molecule has 0 unspecified atom stereocenters. The monoisotopic (exact) mass is 475 g/mol. The minimum absolute atomic E-state index is 0.0318. The maximum atomic E-state index is 13.3. The van der Waals surface area contributed by atoms with Crippen LogP contribution in [0.3, 0.4) is 0 Å². The molecule has 5 nitrogen and oxygen atoms in total. The van der Waals surface area contributed by atoms with E-state index >= 15 is 0 Å². The average molecular weight is 475 g/mol. The molecule has 0 aliphatic carbocycles. The van der Waals surface area contributed by atoms with Crippen molar-refractivity contribution in [3.63, 3.8) is 0 Å². The van der Waals surface area contributed by atoms with Crippen LogP contribution in [0.1, 0.15) is 11.3 Å². The number of thioether (sulfide) groups is 1. The van der Waals surface area contributed by atoms with Gasteiger partial charge in [0.1, 0.15) is 5.82 Å². The van der Waals surface area contributed by atoms with Crippen LogP contribution in [0.5, 0.6) is 5.88 Å². The Morgan fingerprint density at radius 3 is 2.33 bits per heavy atom. The lowest BCUT2D eigenvalue weighted by atomic mass is 10.0. The Bertz CT molecular complexity index is 1340. The Labute approximate surface area is 190 Å². The van der Waals surface area contributed by atoms with Gasteiger partial charge in [0.2, 0.25) is 5.88 Å². The summed E-state index contributed by atoms with van der Waals surface area (Å²) in [6.45, 7) is 1.67. The van der Waals surface area contributed by atoms with Gasteiger partial charge < -0.3 is 5.11 Å². The van der Waals surface area contributed by atoms with Gasteiger partial charge in [-0.15, -0.1) is 0 Å². The van der Waals surface area contributed by atoms with Gasteiger partial charge in [-0.25, -0.2) is 13.8 Å². The summed E-state index contributed by atoms with van der Waals surface area (Å²) in [4.78, 5) is 17.2. The Morgan fingerprint density at radius 2 is 1.70 bits per heavy atom. The van der Waals surface area contributed by atoms with Gasteiger partial charge >= 0.3 is 11.2 Å². The fourth-order valence-electron chi connectivity index (χ4n) is 3.47. The molecular weight excluding hydrogens is 458 g/mol. The minimum Gasteiger partial charge on any atom is -0.493 e. The first-order valence-electron chi connectivity index (χ1n) is 9.70. The molecule has 2 heterocycles. The molecule has 0 saturated heterocycles. The van der Waals surface area contributed by atoms with Crippen molar-refractivity contribution < 1.29 is 22.7 Å². The number of hydrogen-bond acceptors (Lipinski definition) is 4. The molecule has 10 heteroatoms. The second kappa shape index (κ2) is 8.78. The molecule has 1 N–H and O–H groups in total. The van der Waals surface area contributed by atoms with E-state index in [1.807, 2.05) is 0 Å². The smallest absolute Gasteiger partial charge is 0.446 e. The van der Waals surface area contributed by atoms with Crippen LogP contribution < -0.4 is 5.69 Å². The standard InChI is InChI=1S/C23H17F4N3O2S/c1-14-21(31)30(18-6-8-19(9-7-18)33-23(25,26)27)22(32)29(14)13-16-10-11-28-12-20(16)15-2-4-17(24)5-3-15/h2-12,31H,13H2,1H3. The molecule has 4 rings (SSSR count). The van der Waals surface area contributed by atoms with Crippen LogP contribution in [-0.4, -0.2) is 24.7 Å². The summed E-state index contributed by atoms with van der Waals surface area (Å²) in [5.74, 6) is -0.688. The first kappa shape index (κ1) is 22.7. The van der Waals surface area contributed by atoms with E-state index < -0.39 is 11.2 Å². The summed E-state index contributed by atoms with van der Waals surface area (Å²) in [6.07, 6.45) is 3.17. The second-order valence-corrected chi connectivity index (χ2v) is 8.33. The van der Waals surface area contributed by atoms with Gasteiger partial charge in [0.05, 0.1) is 17.9 Å². The SMILES string of the molecule is Cc1c(O)n(-c2ccc(SC(F)(F)F)cc2)c(=O)n1Cc1ccncc1-c1ccc(F)cc1. The number of halogens is 4. The van der Waals surface area contributed by atoms with Crippen LogP contribution >= 0.6 is 11.8 Å². The van der Waals surface area contributed by atoms with E-state index in [1.54, 1.807) is 37.5 Å². The zero-order chi connectivity index (χ0) is 23.8. The van der Waals surface area contributed by atoms with Gasteiger partial charge in [0.15, 0.2) is 0 Å². The number of pyridine rings is 1. The van der Waals surface area contributed by atoms with Gasteiger partial charge in [0.25, 0.3) is 0 Å². The summed E-state index contributed by atoms with van der Waals surface area (Å²) in [5, 5.41) is 10.6. The zero-order valence-corrected chi connectivity index (χ0v) is 18.0. The number of hydrogen-bond donors (Lipinski definition) is 1. The highest BCUT2D eigenvalue weighted by Gasteiger charge is 2.29. The van der Waals surface area contributed by atoms with Crippen LogP contribution in [0.2, 0.25) is 0 Å². The Hall–Kier alpha value is -3.53. The zero-order valence-electron chi connectivity index (χ0n) is 17.2. The lowest BCUT2D eigenvalue weighted by Gasteiger charge is -2.10. The largest absolute Gasteiger partial charge is 0.493 e. The molecule has 0 aliphatic rings. The molecule has 0 spiro atoms.